The van der Waals surface area contributed by atoms with Crippen molar-refractivity contribution in [3.8, 4) is 17.2 Å². The van der Waals surface area contributed by atoms with Crippen LogP contribution in [-0.2, 0) is 18.9 Å². The molecule has 0 aliphatic carbocycles. The Hall–Kier alpha value is -2.67. The van der Waals surface area contributed by atoms with Crippen LogP contribution in [0.4, 0.5) is 0 Å². The molecule has 190 valence electrons. The Morgan fingerprint density at radius 1 is 0.543 bits per heavy atom. The van der Waals surface area contributed by atoms with Gasteiger partial charge in [-0.15, -0.1) is 0 Å². The van der Waals surface area contributed by atoms with Gasteiger partial charge in [0.1, 0.15) is 0 Å². The normalized spacial score (nSPS) is 12.9. The molecule has 2 N–H and O–H groups in total. The van der Waals surface area contributed by atoms with E-state index in [0.717, 1.165) is 16.7 Å². The molecule has 0 aliphatic rings. The minimum absolute atomic E-state index is 0.101. The Morgan fingerprint density at radius 2 is 0.857 bits per heavy atom. The summed E-state index contributed by atoms with van der Waals surface area (Å²) in [5, 5.41) is 19.5. The van der Waals surface area contributed by atoms with Gasteiger partial charge in [-0.25, -0.2) is 0 Å². The molecule has 35 heavy (non-hydrogen) atoms. The molecule has 0 amide bonds. The average Bonchev–Trinajstić information content (AvgIpc) is 2.83. The van der Waals surface area contributed by atoms with Gasteiger partial charge in [0.05, 0.1) is 0 Å². The maximum atomic E-state index is 9.77. The third kappa shape index (κ3) is 6.31. The first kappa shape index (κ1) is 26.9. The van der Waals surface area contributed by atoms with Gasteiger partial charge >= 0.3 is 207 Å². The molecule has 0 bridgehead atoms. The van der Waals surface area contributed by atoms with E-state index >= 15 is 0 Å². The third-order valence-corrected chi connectivity index (χ3v) is 10.2. The summed E-state index contributed by atoms with van der Waals surface area (Å²) in [6.07, 6.45) is 1.30. The van der Waals surface area contributed by atoms with E-state index in [9.17, 15) is 10.2 Å². The molecule has 0 aliphatic heterocycles. The van der Waals surface area contributed by atoms with Crippen LogP contribution in [0.25, 0.3) is 0 Å². The molecule has 0 unspecified atom stereocenters. The van der Waals surface area contributed by atoms with Gasteiger partial charge in [-0.3, -0.25) is 0 Å². The zero-order valence-electron chi connectivity index (χ0n) is 20.7. The minimum atomic E-state index is -3.21. The fourth-order valence-electron chi connectivity index (χ4n) is 4.57. The fraction of sp³-hybridized carbons (Fsp3) is 0.333. The van der Waals surface area contributed by atoms with Crippen molar-refractivity contribution in [2.45, 2.75) is 5.92 Å². The summed E-state index contributed by atoms with van der Waals surface area (Å²) in [5.41, 5.74) is 3.06. The molecule has 0 radical (unpaired) electrons. The first-order valence-corrected chi connectivity index (χ1v) is 14.1. The van der Waals surface area contributed by atoms with Crippen molar-refractivity contribution < 1.29 is 33.7 Å². The first-order chi connectivity index (χ1) is 16.9. The van der Waals surface area contributed by atoms with Crippen LogP contribution < -0.4 is 4.52 Å². The first-order valence-electron chi connectivity index (χ1n) is 11.2. The van der Waals surface area contributed by atoms with E-state index in [4.69, 9.17) is 23.5 Å². The second-order valence-electron chi connectivity index (χ2n) is 8.81. The Morgan fingerprint density at radius 3 is 1.17 bits per heavy atom. The number of aromatic hydroxyl groups is 2. The van der Waals surface area contributed by atoms with E-state index in [1.165, 1.54) is 0 Å². The van der Waals surface area contributed by atoms with Crippen LogP contribution in [0.1, 0.15) is 22.6 Å². The van der Waals surface area contributed by atoms with Gasteiger partial charge in [-0.2, -0.15) is 0 Å². The van der Waals surface area contributed by atoms with Gasteiger partial charge in [0.25, 0.3) is 0 Å². The van der Waals surface area contributed by atoms with Crippen LogP contribution in [0.2, 0.25) is 0 Å². The molecule has 7 nitrogen and oxygen atoms in total. The summed E-state index contributed by atoms with van der Waals surface area (Å²) < 4.78 is 29.1. The Bertz CT molecular complexity index is 971. The monoisotopic (exact) mass is 502 g/mol. The summed E-state index contributed by atoms with van der Waals surface area (Å²) >= 11 is 0. The van der Waals surface area contributed by atoms with Crippen molar-refractivity contribution in [2.24, 2.45) is 0 Å². The molecule has 3 rings (SSSR count). The van der Waals surface area contributed by atoms with Gasteiger partial charge < -0.3 is 0 Å². The standard InChI is InChI=1S/C27H35O7P/c1-30-17-35(18-31-2,19-32-3,20-33-4)34-26-15-9-23(10-16-26)27(21-5-11-24(28)12-6-21)22-7-13-25(29)14-8-22/h5-16,27-29H,17-20H2,1-4H3. The van der Waals surface area contributed by atoms with Crippen LogP contribution in [0.5, 0.6) is 17.2 Å². The molecule has 3 aromatic carbocycles. The van der Waals surface area contributed by atoms with Crippen molar-refractivity contribution in [2.75, 3.05) is 53.8 Å². The summed E-state index contributed by atoms with van der Waals surface area (Å²) in [4.78, 5) is 0. The van der Waals surface area contributed by atoms with Gasteiger partial charge in [-0.1, -0.05) is 0 Å². The molecule has 0 saturated heterocycles. The van der Waals surface area contributed by atoms with E-state index in [2.05, 4.69) is 0 Å². The number of hydrogen-bond acceptors (Lipinski definition) is 7. The number of ether oxygens (including phenoxy) is 4. The Labute approximate surface area is 207 Å². The van der Waals surface area contributed by atoms with E-state index in [1.54, 1.807) is 52.7 Å². The molecular weight excluding hydrogens is 467 g/mol. The van der Waals surface area contributed by atoms with Gasteiger partial charge in [0, 0.05) is 0 Å². The fourth-order valence-corrected chi connectivity index (χ4v) is 8.55. The zero-order chi connectivity index (χ0) is 25.3. The molecule has 0 spiro atoms. The SMILES string of the molecule is COCP(COC)(COC)(COC)Oc1ccc(C(c2ccc(O)cc2)c2ccc(O)cc2)cc1. The van der Waals surface area contributed by atoms with Crippen LogP contribution in [-0.4, -0.2) is 64.0 Å². The topological polar surface area (TPSA) is 86.6 Å². The van der Waals surface area contributed by atoms with Crippen molar-refractivity contribution in [1.29, 1.82) is 0 Å². The van der Waals surface area contributed by atoms with Gasteiger partial charge in [0.2, 0.25) is 0 Å². The average molecular weight is 503 g/mol. The molecule has 0 fully saturated rings. The quantitative estimate of drug-likeness (QED) is 0.234. The van der Waals surface area contributed by atoms with E-state index in [-0.39, 0.29) is 17.4 Å². The zero-order valence-corrected chi connectivity index (χ0v) is 21.6. The molecule has 0 saturated carbocycles. The van der Waals surface area contributed by atoms with Crippen LogP contribution in [0.3, 0.4) is 0 Å². The number of rotatable bonds is 13. The van der Waals surface area contributed by atoms with Crippen molar-refractivity contribution in [3.05, 3.63) is 89.5 Å². The van der Waals surface area contributed by atoms with E-state index in [1.807, 2.05) is 48.5 Å². The summed E-state index contributed by atoms with van der Waals surface area (Å²) in [6, 6.07) is 22.2. The van der Waals surface area contributed by atoms with Crippen molar-refractivity contribution in [3.63, 3.8) is 0 Å². The van der Waals surface area contributed by atoms with E-state index < -0.39 is 6.83 Å². The van der Waals surface area contributed by atoms with E-state index in [0.29, 0.717) is 31.1 Å². The number of phenolic OH excluding ortho intramolecular Hbond substituents is 2. The predicted octanol–water partition coefficient (Wildman–Crippen LogP) is 5.54. The molecular formula is C27H35O7P. The Kier molecular flexibility index (Phi) is 9.11. The number of hydrogen-bond donors (Lipinski definition) is 2. The Balaban J connectivity index is 2.01. The molecule has 0 aromatic heterocycles. The van der Waals surface area contributed by atoms with Crippen LogP contribution in [0.15, 0.2) is 72.8 Å². The second kappa shape index (κ2) is 11.8. The summed E-state index contributed by atoms with van der Waals surface area (Å²) in [5.74, 6) is 0.989. The number of benzene rings is 3. The van der Waals surface area contributed by atoms with Crippen molar-refractivity contribution >= 4 is 6.83 Å². The summed E-state index contributed by atoms with van der Waals surface area (Å²) in [7, 11) is 6.53. The second-order valence-corrected chi connectivity index (χ2v) is 13.7. The molecule has 0 atom stereocenters. The molecule has 3 aromatic rings. The predicted molar refractivity (Wildman–Crippen MR) is 139 cm³/mol. The van der Waals surface area contributed by atoms with Crippen LogP contribution >= 0.6 is 6.83 Å². The molecule has 0 heterocycles. The van der Waals surface area contributed by atoms with Crippen LogP contribution in [0, 0.1) is 0 Å². The summed E-state index contributed by atoms with van der Waals surface area (Å²) in [6.45, 7) is -3.21. The van der Waals surface area contributed by atoms with Gasteiger partial charge in [0.15, 0.2) is 0 Å². The molecule has 8 heteroatoms. The number of methoxy groups -OCH3 is 4. The van der Waals surface area contributed by atoms with Gasteiger partial charge in [-0.05, 0) is 0 Å². The van der Waals surface area contributed by atoms with Crippen molar-refractivity contribution in [1.82, 2.24) is 0 Å². The number of phenols is 2. The third-order valence-electron chi connectivity index (χ3n) is 5.85. The maximum absolute atomic E-state index is 9.77.